The Morgan fingerprint density at radius 2 is 2.22 bits per heavy atom. The number of hydrogen-bond acceptors (Lipinski definition) is 2. The first-order chi connectivity index (χ1) is 8.74. The van der Waals surface area contributed by atoms with Gasteiger partial charge in [-0.1, -0.05) is 18.2 Å². The average molecular weight is 261 g/mol. The normalized spacial score (nSPS) is 19.7. The van der Waals surface area contributed by atoms with Crippen LogP contribution >= 0.6 is 11.6 Å². The molecule has 2 aromatic rings. The van der Waals surface area contributed by atoms with E-state index in [1.54, 1.807) is 6.20 Å². The summed E-state index contributed by atoms with van der Waals surface area (Å²) in [7, 11) is 0. The molecule has 1 aromatic heterocycles. The molecule has 1 saturated heterocycles. The minimum atomic E-state index is -0.0504. The van der Waals surface area contributed by atoms with Crippen molar-refractivity contribution in [3.63, 3.8) is 0 Å². The molecule has 1 atom stereocenters. The van der Waals surface area contributed by atoms with Crippen LogP contribution in [-0.4, -0.2) is 27.7 Å². The first-order valence-corrected chi connectivity index (χ1v) is 6.42. The van der Waals surface area contributed by atoms with E-state index in [2.05, 4.69) is 4.98 Å². The van der Waals surface area contributed by atoms with Crippen molar-refractivity contribution < 1.29 is 4.79 Å². The van der Waals surface area contributed by atoms with Crippen molar-refractivity contribution in [1.82, 2.24) is 9.88 Å². The lowest BCUT2D eigenvalue weighted by molar-refractivity contribution is -0.128. The first kappa shape index (κ1) is 11.5. The molecule has 3 nitrogen and oxygen atoms in total. The van der Waals surface area contributed by atoms with Crippen LogP contribution in [0.4, 0.5) is 0 Å². The monoisotopic (exact) mass is 260 g/mol. The van der Waals surface area contributed by atoms with E-state index in [1.165, 1.54) is 0 Å². The average Bonchev–Trinajstić information content (AvgIpc) is 2.68. The number of rotatable bonds is 2. The van der Waals surface area contributed by atoms with Gasteiger partial charge in [-0.25, -0.2) is 0 Å². The molecule has 1 amide bonds. The summed E-state index contributed by atoms with van der Waals surface area (Å²) in [5.74, 6) is 0.135. The van der Waals surface area contributed by atoms with Gasteiger partial charge >= 0.3 is 0 Å². The summed E-state index contributed by atoms with van der Waals surface area (Å²) in [4.78, 5) is 17.9. The van der Waals surface area contributed by atoms with Gasteiger partial charge < -0.3 is 4.90 Å². The standard InChI is InChI=1S/C14H13ClN2O/c15-11-7-14(18)17(9-11)8-10-3-1-5-13-12(10)4-2-6-16-13/h1-6,11H,7-9H2. The maximum atomic E-state index is 11.8. The third-order valence-electron chi connectivity index (χ3n) is 3.26. The van der Waals surface area contributed by atoms with E-state index in [0.717, 1.165) is 16.5 Å². The summed E-state index contributed by atoms with van der Waals surface area (Å²) in [6.45, 7) is 1.25. The molecule has 18 heavy (non-hydrogen) atoms. The van der Waals surface area contributed by atoms with Gasteiger partial charge in [-0.2, -0.15) is 0 Å². The van der Waals surface area contributed by atoms with Crippen molar-refractivity contribution in [2.45, 2.75) is 18.3 Å². The Balaban J connectivity index is 1.93. The smallest absolute Gasteiger partial charge is 0.224 e. The van der Waals surface area contributed by atoms with Crippen LogP contribution in [-0.2, 0) is 11.3 Å². The van der Waals surface area contributed by atoms with Crippen molar-refractivity contribution in [3.8, 4) is 0 Å². The van der Waals surface area contributed by atoms with Crippen molar-refractivity contribution in [2.24, 2.45) is 0 Å². The predicted molar refractivity (Wildman–Crippen MR) is 71.4 cm³/mol. The Morgan fingerprint density at radius 1 is 1.33 bits per heavy atom. The lowest BCUT2D eigenvalue weighted by Gasteiger charge is -2.16. The zero-order valence-corrected chi connectivity index (χ0v) is 10.6. The van der Waals surface area contributed by atoms with Gasteiger partial charge in [-0.15, -0.1) is 11.6 Å². The van der Waals surface area contributed by atoms with Gasteiger partial charge in [0.1, 0.15) is 0 Å². The number of pyridine rings is 1. The molecule has 92 valence electrons. The molecule has 0 bridgehead atoms. The van der Waals surface area contributed by atoms with E-state index in [1.807, 2.05) is 35.2 Å². The van der Waals surface area contributed by atoms with Crippen LogP contribution in [0.5, 0.6) is 0 Å². The van der Waals surface area contributed by atoms with Crippen LogP contribution in [0, 0.1) is 0 Å². The van der Waals surface area contributed by atoms with Gasteiger partial charge in [0.15, 0.2) is 0 Å². The molecule has 3 rings (SSSR count). The molecular formula is C14H13ClN2O. The summed E-state index contributed by atoms with van der Waals surface area (Å²) >= 11 is 6.01. The maximum absolute atomic E-state index is 11.8. The van der Waals surface area contributed by atoms with E-state index >= 15 is 0 Å². The fourth-order valence-corrected chi connectivity index (χ4v) is 2.69. The number of likely N-dealkylation sites (tertiary alicyclic amines) is 1. The van der Waals surface area contributed by atoms with Crippen LogP contribution < -0.4 is 0 Å². The van der Waals surface area contributed by atoms with Crippen molar-refractivity contribution in [1.29, 1.82) is 0 Å². The van der Waals surface area contributed by atoms with Crippen molar-refractivity contribution in [2.75, 3.05) is 6.54 Å². The summed E-state index contributed by atoms with van der Waals surface area (Å²) in [5, 5.41) is 1.05. The minimum Gasteiger partial charge on any atom is -0.337 e. The van der Waals surface area contributed by atoms with Gasteiger partial charge in [0.2, 0.25) is 5.91 Å². The summed E-state index contributed by atoms with van der Waals surface area (Å²) in [6.07, 6.45) is 2.23. The first-order valence-electron chi connectivity index (χ1n) is 5.98. The van der Waals surface area contributed by atoms with Crippen LogP contribution in [0.2, 0.25) is 0 Å². The van der Waals surface area contributed by atoms with E-state index in [4.69, 9.17) is 11.6 Å². The Hall–Kier alpha value is -1.61. The zero-order chi connectivity index (χ0) is 12.5. The third kappa shape index (κ3) is 2.06. The second-order valence-electron chi connectivity index (χ2n) is 4.56. The molecule has 0 spiro atoms. The van der Waals surface area contributed by atoms with E-state index in [-0.39, 0.29) is 11.3 Å². The number of carbonyl (C=O) groups is 1. The number of benzene rings is 1. The zero-order valence-electron chi connectivity index (χ0n) is 9.84. The van der Waals surface area contributed by atoms with Crippen LogP contribution in [0.3, 0.4) is 0 Å². The van der Waals surface area contributed by atoms with Crippen molar-refractivity contribution in [3.05, 3.63) is 42.1 Å². The van der Waals surface area contributed by atoms with Gasteiger partial charge in [-0.3, -0.25) is 9.78 Å². The lowest BCUT2D eigenvalue weighted by atomic mass is 10.1. The number of carbonyl (C=O) groups excluding carboxylic acids is 1. The summed E-state index contributed by atoms with van der Waals surface area (Å²) in [6, 6.07) is 9.95. The number of hydrogen-bond donors (Lipinski definition) is 0. The molecule has 4 heteroatoms. The minimum absolute atomic E-state index is 0.0504. The highest BCUT2D eigenvalue weighted by atomic mass is 35.5. The number of aromatic nitrogens is 1. The quantitative estimate of drug-likeness (QED) is 0.778. The second kappa shape index (κ2) is 4.58. The largest absolute Gasteiger partial charge is 0.337 e. The highest BCUT2D eigenvalue weighted by Gasteiger charge is 2.28. The van der Waals surface area contributed by atoms with E-state index < -0.39 is 0 Å². The molecule has 1 unspecified atom stereocenters. The number of fused-ring (bicyclic) bond motifs is 1. The Labute approximate surface area is 110 Å². The maximum Gasteiger partial charge on any atom is 0.224 e. The Kier molecular flexibility index (Phi) is 2.92. The number of amides is 1. The van der Waals surface area contributed by atoms with Gasteiger partial charge in [0.25, 0.3) is 0 Å². The highest BCUT2D eigenvalue weighted by molar-refractivity contribution is 6.22. The fourth-order valence-electron chi connectivity index (χ4n) is 2.39. The van der Waals surface area contributed by atoms with Crippen molar-refractivity contribution >= 4 is 28.4 Å². The summed E-state index contributed by atoms with van der Waals surface area (Å²) in [5.41, 5.74) is 2.09. The van der Waals surface area contributed by atoms with Gasteiger partial charge in [0.05, 0.1) is 10.9 Å². The predicted octanol–water partition coefficient (Wildman–Crippen LogP) is 2.57. The Bertz CT molecular complexity index is 594. The number of nitrogens with zero attached hydrogens (tertiary/aromatic N) is 2. The Morgan fingerprint density at radius 3 is 3.00 bits per heavy atom. The molecular weight excluding hydrogens is 248 g/mol. The molecule has 0 radical (unpaired) electrons. The molecule has 1 aliphatic heterocycles. The van der Waals surface area contributed by atoms with Crippen LogP contribution in [0.25, 0.3) is 10.9 Å². The van der Waals surface area contributed by atoms with Gasteiger partial charge in [-0.05, 0) is 17.7 Å². The second-order valence-corrected chi connectivity index (χ2v) is 5.18. The molecule has 1 aromatic carbocycles. The lowest BCUT2D eigenvalue weighted by Crippen LogP contribution is -2.24. The number of halogens is 1. The fraction of sp³-hybridized carbons (Fsp3) is 0.286. The van der Waals surface area contributed by atoms with Crippen LogP contribution in [0.1, 0.15) is 12.0 Å². The van der Waals surface area contributed by atoms with Crippen LogP contribution in [0.15, 0.2) is 36.5 Å². The molecule has 0 N–H and O–H groups in total. The molecule has 0 aliphatic carbocycles. The summed E-state index contributed by atoms with van der Waals surface area (Å²) < 4.78 is 0. The molecule has 0 saturated carbocycles. The van der Waals surface area contributed by atoms with Gasteiger partial charge in [0, 0.05) is 31.1 Å². The third-order valence-corrected chi connectivity index (χ3v) is 3.56. The molecule has 2 heterocycles. The van der Waals surface area contributed by atoms with E-state index in [0.29, 0.717) is 19.5 Å². The number of alkyl halides is 1. The molecule has 1 fully saturated rings. The SMILES string of the molecule is O=C1CC(Cl)CN1Cc1cccc2ncccc12. The van der Waals surface area contributed by atoms with E-state index in [9.17, 15) is 4.79 Å². The topological polar surface area (TPSA) is 33.2 Å². The molecule has 1 aliphatic rings. The highest BCUT2D eigenvalue weighted by Crippen LogP contribution is 2.22.